The van der Waals surface area contributed by atoms with Crippen molar-refractivity contribution in [1.82, 2.24) is 0 Å². The average molecular weight is 417 g/mol. The number of fused-ring (bicyclic) bond motifs is 2. The minimum atomic E-state index is -0.446. The molecule has 170 valence electrons. The van der Waals surface area contributed by atoms with Gasteiger partial charge in [-0.25, -0.2) is 0 Å². The van der Waals surface area contributed by atoms with Crippen molar-refractivity contribution in [3.63, 3.8) is 0 Å². The second kappa shape index (κ2) is 6.72. The molecular weight excluding hydrogens is 372 g/mol. The van der Waals surface area contributed by atoms with Crippen molar-refractivity contribution in [3.8, 4) is 0 Å². The lowest BCUT2D eigenvalue weighted by atomic mass is 9.49. The van der Waals surface area contributed by atoms with Crippen LogP contribution in [0, 0.1) is 45.3 Å². The molecule has 3 heteroatoms. The molecule has 0 spiro atoms. The van der Waals surface area contributed by atoms with Gasteiger partial charge < -0.3 is 9.47 Å². The first-order valence-electron chi connectivity index (χ1n) is 12.8. The van der Waals surface area contributed by atoms with E-state index in [0.29, 0.717) is 0 Å². The van der Waals surface area contributed by atoms with Crippen LogP contribution >= 0.6 is 0 Å². The SMILES string of the molecule is CCC(C)(C)C(=O)OC(OC1C2(C)CCC(C2)C1(C)C)C12CC3CC(CC(C3)C1)C2. The van der Waals surface area contributed by atoms with Crippen LogP contribution in [0.25, 0.3) is 0 Å². The van der Waals surface area contributed by atoms with Crippen LogP contribution in [0.15, 0.2) is 0 Å². The molecule has 0 aromatic carbocycles. The molecule has 0 aromatic rings. The fraction of sp³-hybridized carbons (Fsp3) is 0.963. The largest absolute Gasteiger partial charge is 0.435 e. The smallest absolute Gasteiger partial charge is 0.313 e. The van der Waals surface area contributed by atoms with Crippen LogP contribution in [0.4, 0.5) is 0 Å². The Balaban J connectivity index is 1.46. The van der Waals surface area contributed by atoms with Crippen molar-refractivity contribution >= 4 is 5.97 Å². The van der Waals surface area contributed by atoms with E-state index in [1.54, 1.807) is 0 Å². The van der Waals surface area contributed by atoms with Crippen molar-refractivity contribution < 1.29 is 14.3 Å². The maximum atomic E-state index is 13.3. The zero-order chi connectivity index (χ0) is 21.5. The second-order valence-electron chi connectivity index (χ2n) is 13.7. The Kier molecular flexibility index (Phi) is 4.77. The van der Waals surface area contributed by atoms with Crippen molar-refractivity contribution in [2.24, 2.45) is 45.3 Å². The van der Waals surface area contributed by atoms with Crippen LogP contribution in [0.1, 0.15) is 106 Å². The Morgan fingerprint density at radius 1 is 1.00 bits per heavy atom. The van der Waals surface area contributed by atoms with Crippen molar-refractivity contribution in [1.29, 1.82) is 0 Å². The zero-order valence-corrected chi connectivity index (χ0v) is 20.3. The lowest BCUT2D eigenvalue weighted by Crippen LogP contribution is -2.57. The Morgan fingerprint density at radius 2 is 1.57 bits per heavy atom. The van der Waals surface area contributed by atoms with Crippen LogP contribution in [0.2, 0.25) is 0 Å². The standard InChI is InChI=1S/C27H44O3/c1-7-24(2,3)22(28)30-23(27-13-17-10-18(14-27)12-19(11-17)15-27)29-21-25(4,5)20-8-9-26(21,6)16-20/h17-21,23H,7-16H2,1-6H3. The van der Waals surface area contributed by atoms with Crippen LogP contribution < -0.4 is 0 Å². The normalized spacial score (nSPS) is 46.9. The van der Waals surface area contributed by atoms with E-state index in [2.05, 4.69) is 27.7 Å². The number of hydrogen-bond acceptors (Lipinski definition) is 3. The summed E-state index contributed by atoms with van der Waals surface area (Å²) in [5, 5.41) is 0. The highest BCUT2D eigenvalue weighted by atomic mass is 16.7. The van der Waals surface area contributed by atoms with E-state index in [1.807, 2.05) is 13.8 Å². The molecule has 6 saturated carbocycles. The van der Waals surface area contributed by atoms with E-state index >= 15 is 0 Å². The third-order valence-electron chi connectivity index (χ3n) is 10.6. The average Bonchev–Trinajstić information content (AvgIpc) is 3.13. The first-order valence-corrected chi connectivity index (χ1v) is 12.8. The van der Waals surface area contributed by atoms with Gasteiger partial charge in [0.1, 0.15) is 0 Å². The van der Waals surface area contributed by atoms with E-state index in [-0.39, 0.29) is 34.6 Å². The minimum absolute atomic E-state index is 0.0580. The van der Waals surface area contributed by atoms with Gasteiger partial charge in [-0.1, -0.05) is 27.7 Å². The van der Waals surface area contributed by atoms with Crippen LogP contribution in [-0.4, -0.2) is 18.4 Å². The number of ether oxygens (including phenoxy) is 2. The zero-order valence-electron chi connectivity index (χ0n) is 20.3. The Morgan fingerprint density at radius 3 is 2.03 bits per heavy atom. The summed E-state index contributed by atoms with van der Waals surface area (Å²) in [6.45, 7) is 13.4. The fourth-order valence-electron chi connectivity index (χ4n) is 8.88. The van der Waals surface area contributed by atoms with Gasteiger partial charge in [0.05, 0.1) is 11.5 Å². The topological polar surface area (TPSA) is 35.5 Å². The molecule has 0 heterocycles. The number of carbonyl (C=O) groups excluding carboxylic acids is 1. The summed E-state index contributed by atoms with van der Waals surface area (Å²) in [5.41, 5.74) is 0.0160. The summed E-state index contributed by atoms with van der Waals surface area (Å²) >= 11 is 0. The predicted molar refractivity (Wildman–Crippen MR) is 119 cm³/mol. The van der Waals surface area contributed by atoms with E-state index in [0.717, 1.165) is 30.1 Å². The molecule has 6 bridgehead atoms. The molecular formula is C27H44O3. The maximum Gasteiger partial charge on any atom is 0.313 e. The molecule has 0 aromatic heterocycles. The molecule has 0 saturated heterocycles. The molecule has 3 nitrogen and oxygen atoms in total. The summed E-state index contributed by atoms with van der Waals surface area (Å²) in [4.78, 5) is 13.3. The predicted octanol–water partition coefficient (Wildman–Crippen LogP) is 6.74. The third-order valence-corrected chi connectivity index (χ3v) is 10.6. The molecule has 4 unspecified atom stereocenters. The summed E-state index contributed by atoms with van der Waals surface area (Å²) in [5.74, 6) is 3.15. The van der Waals surface area contributed by atoms with Crippen LogP contribution in [0.3, 0.4) is 0 Å². The summed E-state index contributed by atoms with van der Waals surface area (Å²) < 4.78 is 13.6. The molecule has 6 aliphatic carbocycles. The molecule has 4 atom stereocenters. The summed E-state index contributed by atoms with van der Waals surface area (Å²) in [6.07, 6.45) is 12.3. The molecule has 6 aliphatic rings. The summed E-state index contributed by atoms with van der Waals surface area (Å²) in [6, 6.07) is 0. The first kappa shape index (κ1) is 21.3. The van der Waals surface area contributed by atoms with Gasteiger partial charge in [0, 0.05) is 5.41 Å². The Hall–Kier alpha value is -0.570. The second-order valence-corrected chi connectivity index (χ2v) is 13.7. The number of rotatable bonds is 6. The highest BCUT2D eigenvalue weighted by Gasteiger charge is 2.63. The molecule has 0 N–H and O–H groups in total. The molecule has 6 fully saturated rings. The molecule has 0 radical (unpaired) electrons. The van der Waals surface area contributed by atoms with Gasteiger partial charge in [0.2, 0.25) is 6.29 Å². The van der Waals surface area contributed by atoms with Gasteiger partial charge in [0.15, 0.2) is 0 Å². The van der Waals surface area contributed by atoms with E-state index in [1.165, 1.54) is 57.8 Å². The maximum absolute atomic E-state index is 13.3. The number of hydrogen-bond donors (Lipinski definition) is 0. The molecule has 30 heavy (non-hydrogen) atoms. The minimum Gasteiger partial charge on any atom is -0.435 e. The van der Waals surface area contributed by atoms with E-state index < -0.39 is 5.41 Å². The fourth-order valence-corrected chi connectivity index (χ4v) is 8.88. The lowest BCUT2D eigenvalue weighted by Gasteiger charge is -2.59. The quantitative estimate of drug-likeness (QED) is 0.355. The van der Waals surface area contributed by atoms with Crippen molar-refractivity contribution in [2.75, 3.05) is 0 Å². The Bertz CT molecular complexity index is 667. The Labute approximate surface area is 184 Å². The highest BCUT2D eigenvalue weighted by Crippen LogP contribution is 2.66. The van der Waals surface area contributed by atoms with Gasteiger partial charge in [-0.05, 0) is 113 Å². The highest BCUT2D eigenvalue weighted by molar-refractivity contribution is 5.76. The monoisotopic (exact) mass is 416 g/mol. The van der Waals surface area contributed by atoms with Gasteiger partial charge in [-0.2, -0.15) is 0 Å². The van der Waals surface area contributed by atoms with E-state index in [9.17, 15) is 4.79 Å². The number of esters is 1. The summed E-state index contributed by atoms with van der Waals surface area (Å²) in [7, 11) is 0. The van der Waals surface area contributed by atoms with Crippen LogP contribution in [0.5, 0.6) is 0 Å². The molecule has 0 amide bonds. The van der Waals surface area contributed by atoms with Gasteiger partial charge in [-0.15, -0.1) is 0 Å². The van der Waals surface area contributed by atoms with Crippen molar-refractivity contribution in [2.45, 2.75) is 118 Å². The molecule has 0 aliphatic heterocycles. The number of carbonyl (C=O) groups is 1. The van der Waals surface area contributed by atoms with Gasteiger partial charge >= 0.3 is 5.97 Å². The van der Waals surface area contributed by atoms with Crippen molar-refractivity contribution in [3.05, 3.63) is 0 Å². The van der Waals surface area contributed by atoms with Gasteiger partial charge in [0.25, 0.3) is 0 Å². The molecule has 6 rings (SSSR count). The first-order chi connectivity index (χ1) is 14.0. The van der Waals surface area contributed by atoms with Crippen LogP contribution in [-0.2, 0) is 14.3 Å². The third kappa shape index (κ3) is 3.11. The van der Waals surface area contributed by atoms with E-state index in [4.69, 9.17) is 9.47 Å². The lowest BCUT2D eigenvalue weighted by molar-refractivity contribution is -0.285. The van der Waals surface area contributed by atoms with Gasteiger partial charge in [-0.3, -0.25) is 4.79 Å².